The molecule has 3 heterocycles. The molecule has 0 spiro atoms. The lowest BCUT2D eigenvalue weighted by Gasteiger charge is -2.34. The molecule has 1 unspecified atom stereocenters. The van der Waals surface area contributed by atoms with Gasteiger partial charge in [0.25, 0.3) is 5.91 Å². The maximum absolute atomic E-state index is 12.9. The lowest BCUT2D eigenvalue weighted by atomic mass is 9.96. The van der Waals surface area contributed by atoms with Crippen LogP contribution in [0, 0.1) is 17.2 Å². The van der Waals surface area contributed by atoms with Gasteiger partial charge in [-0.3, -0.25) is 14.4 Å². The Labute approximate surface area is 222 Å². The van der Waals surface area contributed by atoms with E-state index in [1.54, 1.807) is 12.4 Å². The summed E-state index contributed by atoms with van der Waals surface area (Å²) < 4.78 is 1.94. The minimum Gasteiger partial charge on any atom is -0.395 e. The summed E-state index contributed by atoms with van der Waals surface area (Å²) in [5.74, 6) is 0.970. The van der Waals surface area contributed by atoms with Gasteiger partial charge in [0.15, 0.2) is 0 Å². The molecule has 198 valence electrons. The highest BCUT2D eigenvalue weighted by molar-refractivity contribution is 5.94. The van der Waals surface area contributed by atoms with Crippen LogP contribution in [-0.2, 0) is 0 Å². The normalized spacial score (nSPS) is 17.3. The van der Waals surface area contributed by atoms with E-state index in [2.05, 4.69) is 31.4 Å². The fourth-order valence-corrected chi connectivity index (χ4v) is 5.47. The molecule has 38 heavy (non-hydrogen) atoms. The number of nitriles is 1. The number of carbonyl (C=O) groups is 1. The molecule has 0 bridgehead atoms. The molecule has 5 rings (SSSR count). The van der Waals surface area contributed by atoms with Gasteiger partial charge in [0.1, 0.15) is 0 Å². The molecular weight excluding hydrogens is 480 g/mol. The van der Waals surface area contributed by atoms with Crippen molar-refractivity contribution in [3.63, 3.8) is 0 Å². The van der Waals surface area contributed by atoms with Crippen molar-refractivity contribution in [3.8, 4) is 17.3 Å². The summed E-state index contributed by atoms with van der Waals surface area (Å²) in [7, 11) is 0. The van der Waals surface area contributed by atoms with E-state index in [4.69, 9.17) is 5.11 Å². The third-order valence-corrected chi connectivity index (χ3v) is 7.60. The Morgan fingerprint density at radius 3 is 2.61 bits per heavy atom. The van der Waals surface area contributed by atoms with Crippen LogP contribution in [-0.4, -0.2) is 79.9 Å². The van der Waals surface area contributed by atoms with Gasteiger partial charge in [-0.1, -0.05) is 12.8 Å². The topological polar surface area (TPSA) is 123 Å². The van der Waals surface area contributed by atoms with Crippen molar-refractivity contribution in [2.24, 2.45) is 5.92 Å². The van der Waals surface area contributed by atoms with E-state index >= 15 is 0 Å². The van der Waals surface area contributed by atoms with Gasteiger partial charge >= 0.3 is 0 Å². The molecule has 2 fully saturated rings. The van der Waals surface area contributed by atoms with Crippen LogP contribution in [0.3, 0.4) is 0 Å². The molecule has 1 amide bonds. The van der Waals surface area contributed by atoms with Gasteiger partial charge in [-0.25, -0.2) is 9.97 Å². The third-order valence-electron chi connectivity index (χ3n) is 7.60. The number of benzene rings is 1. The molecule has 3 aromatic rings. The first-order valence-corrected chi connectivity index (χ1v) is 13.4. The van der Waals surface area contributed by atoms with E-state index in [0.29, 0.717) is 43.5 Å². The molecule has 2 aliphatic rings. The first kappa shape index (κ1) is 25.8. The summed E-state index contributed by atoms with van der Waals surface area (Å²) in [5.41, 5.74) is 3.07. The van der Waals surface area contributed by atoms with Crippen molar-refractivity contribution < 1.29 is 9.90 Å². The van der Waals surface area contributed by atoms with Gasteiger partial charge in [0, 0.05) is 61.9 Å². The highest BCUT2D eigenvalue weighted by Crippen LogP contribution is 2.36. The van der Waals surface area contributed by atoms with E-state index in [1.807, 2.05) is 46.1 Å². The molecule has 1 aromatic carbocycles. The maximum atomic E-state index is 12.9. The number of amides is 1. The second kappa shape index (κ2) is 12.2. The average Bonchev–Trinajstić information content (AvgIpc) is 3.66. The van der Waals surface area contributed by atoms with E-state index in [-0.39, 0.29) is 18.6 Å². The zero-order valence-electron chi connectivity index (χ0n) is 21.5. The molecule has 1 aliphatic heterocycles. The quantitative estimate of drug-likeness (QED) is 0.445. The SMILES string of the molecule is N#CCC(C1CCCC1)n1cc(-c2ccnc(Nc3ccc(C(=O)N4CCN(CCO)CC4)cc3)n2)cn1. The number of β-amino-alcohol motifs (C(OH)–C–C–N with tert-alkyl or cyclic N) is 1. The summed E-state index contributed by atoms with van der Waals surface area (Å²) in [6.45, 7) is 3.66. The fraction of sp³-hybridized carbons (Fsp3) is 0.464. The van der Waals surface area contributed by atoms with E-state index in [1.165, 1.54) is 12.8 Å². The van der Waals surface area contributed by atoms with Crippen LogP contribution in [0.1, 0.15) is 48.5 Å². The largest absolute Gasteiger partial charge is 0.395 e. The number of hydrogen-bond acceptors (Lipinski definition) is 8. The molecular formula is C28H34N8O2. The highest BCUT2D eigenvalue weighted by Gasteiger charge is 2.27. The number of aromatic nitrogens is 4. The maximum Gasteiger partial charge on any atom is 0.253 e. The van der Waals surface area contributed by atoms with E-state index < -0.39 is 0 Å². The average molecular weight is 515 g/mol. The second-order valence-corrected chi connectivity index (χ2v) is 10.0. The van der Waals surface area contributed by atoms with Crippen LogP contribution in [0.5, 0.6) is 0 Å². The zero-order valence-corrected chi connectivity index (χ0v) is 21.5. The molecule has 10 heteroatoms. The number of nitrogens with zero attached hydrogens (tertiary/aromatic N) is 7. The monoisotopic (exact) mass is 514 g/mol. The second-order valence-electron chi connectivity index (χ2n) is 10.0. The molecule has 1 saturated carbocycles. The minimum absolute atomic E-state index is 0.0164. The van der Waals surface area contributed by atoms with Gasteiger partial charge in [0.05, 0.1) is 37.0 Å². The molecule has 2 aromatic heterocycles. The van der Waals surface area contributed by atoms with Crippen LogP contribution >= 0.6 is 0 Å². The van der Waals surface area contributed by atoms with Crippen molar-refractivity contribution in [2.75, 3.05) is 44.6 Å². The van der Waals surface area contributed by atoms with E-state index in [0.717, 1.165) is 42.9 Å². The predicted molar refractivity (Wildman–Crippen MR) is 144 cm³/mol. The van der Waals surface area contributed by atoms with Crippen LogP contribution in [0.15, 0.2) is 48.9 Å². The number of rotatable bonds is 9. The van der Waals surface area contributed by atoms with Crippen molar-refractivity contribution in [1.29, 1.82) is 5.26 Å². The first-order chi connectivity index (χ1) is 18.6. The Bertz CT molecular complexity index is 1250. The summed E-state index contributed by atoms with van der Waals surface area (Å²) in [5, 5.41) is 26.3. The number of aliphatic hydroxyl groups excluding tert-OH is 1. The Morgan fingerprint density at radius 2 is 1.89 bits per heavy atom. The first-order valence-electron chi connectivity index (χ1n) is 13.4. The molecule has 1 saturated heterocycles. The number of hydrogen-bond donors (Lipinski definition) is 2. The van der Waals surface area contributed by atoms with Gasteiger partial charge in [0.2, 0.25) is 5.95 Å². The molecule has 0 radical (unpaired) electrons. The van der Waals surface area contributed by atoms with Crippen molar-refractivity contribution >= 4 is 17.5 Å². The number of nitrogens with one attached hydrogen (secondary N) is 1. The number of aliphatic hydroxyl groups is 1. The summed E-state index contributed by atoms with van der Waals surface area (Å²) in [6, 6.07) is 11.6. The van der Waals surface area contributed by atoms with Crippen LogP contribution < -0.4 is 5.32 Å². The fourth-order valence-electron chi connectivity index (χ4n) is 5.47. The van der Waals surface area contributed by atoms with Crippen LogP contribution in [0.25, 0.3) is 11.3 Å². The molecule has 10 nitrogen and oxygen atoms in total. The Kier molecular flexibility index (Phi) is 8.26. The van der Waals surface area contributed by atoms with Gasteiger partial charge < -0.3 is 15.3 Å². The predicted octanol–water partition coefficient (Wildman–Crippen LogP) is 3.48. The van der Waals surface area contributed by atoms with Crippen molar-refractivity contribution in [1.82, 2.24) is 29.5 Å². The highest BCUT2D eigenvalue weighted by atomic mass is 16.3. The molecule has 2 N–H and O–H groups in total. The van der Waals surface area contributed by atoms with Crippen LogP contribution in [0.4, 0.5) is 11.6 Å². The van der Waals surface area contributed by atoms with E-state index in [9.17, 15) is 10.1 Å². The lowest BCUT2D eigenvalue weighted by molar-refractivity contribution is 0.0615. The number of carbonyl (C=O) groups excluding carboxylic acids is 1. The lowest BCUT2D eigenvalue weighted by Crippen LogP contribution is -2.49. The third kappa shape index (κ3) is 6.01. The van der Waals surface area contributed by atoms with Gasteiger partial charge in [-0.05, 0) is 49.1 Å². The van der Waals surface area contributed by atoms with Crippen LogP contribution in [0.2, 0.25) is 0 Å². The number of piperazine rings is 1. The zero-order chi connectivity index (χ0) is 26.3. The van der Waals surface area contributed by atoms with Crippen molar-refractivity contribution in [2.45, 2.75) is 38.1 Å². The minimum atomic E-state index is 0.0164. The summed E-state index contributed by atoms with van der Waals surface area (Å²) >= 11 is 0. The molecule has 1 atom stereocenters. The smallest absolute Gasteiger partial charge is 0.253 e. The van der Waals surface area contributed by atoms with Gasteiger partial charge in [-0.2, -0.15) is 10.4 Å². The standard InChI is InChI=1S/C28H34N8O2/c29-11-9-26(21-3-1-2-4-21)36-20-23(19-31-36)25-10-12-30-28(33-25)32-24-7-5-22(6-8-24)27(38)35-15-13-34(14-16-35)17-18-37/h5-8,10,12,19-21,26,37H,1-4,9,13-18H2,(H,30,32,33). The van der Waals surface area contributed by atoms with Crippen molar-refractivity contribution in [3.05, 3.63) is 54.5 Å². The number of anilines is 2. The Morgan fingerprint density at radius 1 is 1.13 bits per heavy atom. The Hall–Kier alpha value is -3.81. The van der Waals surface area contributed by atoms with Gasteiger partial charge in [-0.15, -0.1) is 0 Å². The summed E-state index contributed by atoms with van der Waals surface area (Å²) in [6.07, 6.45) is 10.7. The summed E-state index contributed by atoms with van der Waals surface area (Å²) in [4.78, 5) is 25.9. The molecule has 1 aliphatic carbocycles. The Balaban J connectivity index is 1.22.